The Labute approximate surface area is 101 Å². The van der Waals surface area contributed by atoms with Crippen LogP contribution in [0.1, 0.15) is 11.4 Å². The summed E-state index contributed by atoms with van der Waals surface area (Å²) in [5.41, 5.74) is 7.15. The third kappa shape index (κ3) is 3.14. The summed E-state index contributed by atoms with van der Waals surface area (Å²) in [5, 5.41) is 4.08. The first-order chi connectivity index (χ1) is 8.29. The fourth-order valence-corrected chi connectivity index (χ4v) is 1.95. The van der Waals surface area contributed by atoms with E-state index in [1.165, 1.54) is 5.56 Å². The Balaban J connectivity index is 2.00. The van der Waals surface area contributed by atoms with Crippen LogP contribution in [0.4, 0.5) is 0 Å². The minimum atomic E-state index is 0.417. The lowest BCUT2D eigenvalue weighted by atomic mass is 9.96. The Morgan fingerprint density at radius 2 is 2.00 bits per heavy atom. The predicted octanol–water partition coefficient (Wildman–Crippen LogP) is 1.18. The molecular weight excluding hydrogens is 212 g/mol. The highest BCUT2D eigenvalue weighted by Crippen LogP contribution is 2.12. The highest BCUT2D eigenvalue weighted by Gasteiger charge is 2.12. The van der Waals surface area contributed by atoms with E-state index in [-0.39, 0.29) is 0 Å². The van der Waals surface area contributed by atoms with Gasteiger partial charge in [0, 0.05) is 13.5 Å². The van der Waals surface area contributed by atoms with Gasteiger partial charge in [0.2, 0.25) is 0 Å². The highest BCUT2D eigenvalue weighted by molar-refractivity contribution is 5.15. The number of hydrogen-bond acceptors (Lipinski definition) is 3. The molecule has 1 atom stereocenters. The van der Waals surface area contributed by atoms with Crippen molar-refractivity contribution in [3.8, 4) is 0 Å². The molecule has 0 aliphatic heterocycles. The molecule has 17 heavy (non-hydrogen) atoms. The Morgan fingerprint density at radius 3 is 2.59 bits per heavy atom. The highest BCUT2D eigenvalue weighted by atomic mass is 15.3. The summed E-state index contributed by atoms with van der Waals surface area (Å²) in [6, 6.07) is 10.4. The van der Waals surface area contributed by atoms with Gasteiger partial charge >= 0.3 is 0 Å². The van der Waals surface area contributed by atoms with Gasteiger partial charge in [-0.15, -0.1) is 0 Å². The van der Waals surface area contributed by atoms with Crippen LogP contribution in [0.2, 0.25) is 0 Å². The second-order valence-electron chi connectivity index (χ2n) is 4.30. The molecule has 0 aliphatic rings. The smallest absolute Gasteiger partial charge is 0.138 e. The van der Waals surface area contributed by atoms with Gasteiger partial charge < -0.3 is 5.73 Å². The largest absolute Gasteiger partial charge is 0.330 e. The maximum Gasteiger partial charge on any atom is 0.138 e. The average Bonchev–Trinajstić information content (AvgIpc) is 2.75. The van der Waals surface area contributed by atoms with Gasteiger partial charge in [0.1, 0.15) is 12.2 Å². The van der Waals surface area contributed by atoms with E-state index in [0.29, 0.717) is 12.5 Å². The van der Waals surface area contributed by atoms with Crippen molar-refractivity contribution in [2.75, 3.05) is 6.54 Å². The number of aromatic nitrogens is 3. The molecule has 0 saturated heterocycles. The number of aryl methyl sites for hydroxylation is 1. The average molecular weight is 230 g/mol. The maximum atomic E-state index is 5.83. The van der Waals surface area contributed by atoms with Crippen LogP contribution < -0.4 is 5.73 Å². The van der Waals surface area contributed by atoms with Crippen molar-refractivity contribution in [2.24, 2.45) is 18.7 Å². The molecule has 2 rings (SSSR count). The van der Waals surface area contributed by atoms with Crippen LogP contribution in [0.5, 0.6) is 0 Å². The van der Waals surface area contributed by atoms with Gasteiger partial charge in [-0.25, -0.2) is 4.98 Å². The van der Waals surface area contributed by atoms with Crippen molar-refractivity contribution >= 4 is 0 Å². The van der Waals surface area contributed by atoms with E-state index in [1.54, 1.807) is 6.33 Å². The molecular formula is C13H18N4. The minimum Gasteiger partial charge on any atom is -0.330 e. The number of hydrogen-bond donors (Lipinski definition) is 1. The van der Waals surface area contributed by atoms with Crippen LogP contribution in [0, 0.1) is 5.92 Å². The second-order valence-corrected chi connectivity index (χ2v) is 4.30. The molecule has 1 heterocycles. The zero-order chi connectivity index (χ0) is 12.1. The molecule has 0 spiro atoms. The van der Waals surface area contributed by atoms with Crippen LogP contribution in [-0.2, 0) is 19.9 Å². The summed E-state index contributed by atoms with van der Waals surface area (Å²) >= 11 is 0. The molecule has 0 amide bonds. The summed E-state index contributed by atoms with van der Waals surface area (Å²) in [5.74, 6) is 1.41. The van der Waals surface area contributed by atoms with E-state index in [4.69, 9.17) is 5.73 Å². The van der Waals surface area contributed by atoms with Gasteiger partial charge in [0.15, 0.2) is 0 Å². The Morgan fingerprint density at radius 1 is 1.24 bits per heavy atom. The SMILES string of the molecule is Cn1ncnc1CC(CN)Cc1ccccc1. The molecule has 0 radical (unpaired) electrons. The fraction of sp³-hybridized carbons (Fsp3) is 0.385. The predicted molar refractivity (Wildman–Crippen MR) is 67.4 cm³/mol. The van der Waals surface area contributed by atoms with Crippen molar-refractivity contribution in [1.29, 1.82) is 0 Å². The summed E-state index contributed by atoms with van der Waals surface area (Å²) < 4.78 is 1.81. The van der Waals surface area contributed by atoms with Crippen LogP contribution in [0.15, 0.2) is 36.7 Å². The summed E-state index contributed by atoms with van der Waals surface area (Å²) in [6.45, 7) is 0.668. The molecule has 0 saturated carbocycles. The van der Waals surface area contributed by atoms with Crippen molar-refractivity contribution in [3.63, 3.8) is 0 Å². The van der Waals surface area contributed by atoms with Crippen LogP contribution >= 0.6 is 0 Å². The van der Waals surface area contributed by atoms with E-state index < -0.39 is 0 Å². The fourth-order valence-electron chi connectivity index (χ4n) is 1.95. The van der Waals surface area contributed by atoms with E-state index >= 15 is 0 Å². The van der Waals surface area contributed by atoms with Crippen LogP contribution in [-0.4, -0.2) is 21.3 Å². The first-order valence-corrected chi connectivity index (χ1v) is 5.86. The van der Waals surface area contributed by atoms with Gasteiger partial charge in [-0.2, -0.15) is 5.10 Å². The quantitative estimate of drug-likeness (QED) is 0.839. The van der Waals surface area contributed by atoms with Crippen molar-refractivity contribution in [2.45, 2.75) is 12.8 Å². The van der Waals surface area contributed by atoms with Crippen LogP contribution in [0.25, 0.3) is 0 Å². The topological polar surface area (TPSA) is 56.7 Å². The first kappa shape index (κ1) is 11.8. The Bertz CT molecular complexity index is 449. The third-order valence-electron chi connectivity index (χ3n) is 2.98. The molecule has 2 aromatic rings. The van der Waals surface area contributed by atoms with E-state index in [2.05, 4.69) is 34.3 Å². The summed E-state index contributed by atoms with van der Waals surface area (Å²) in [7, 11) is 1.92. The van der Waals surface area contributed by atoms with Gasteiger partial charge in [-0.3, -0.25) is 4.68 Å². The zero-order valence-electron chi connectivity index (χ0n) is 10.1. The van der Waals surface area contributed by atoms with Gasteiger partial charge in [-0.1, -0.05) is 30.3 Å². The molecule has 0 bridgehead atoms. The maximum absolute atomic E-state index is 5.83. The van der Waals surface area contributed by atoms with Crippen molar-refractivity contribution in [1.82, 2.24) is 14.8 Å². The van der Waals surface area contributed by atoms with Gasteiger partial charge in [-0.05, 0) is 24.4 Å². The number of nitrogens with zero attached hydrogens (tertiary/aromatic N) is 3. The van der Waals surface area contributed by atoms with E-state index in [0.717, 1.165) is 18.7 Å². The number of nitrogens with two attached hydrogens (primary N) is 1. The molecule has 1 unspecified atom stereocenters. The van der Waals surface area contributed by atoms with E-state index in [1.807, 2.05) is 17.8 Å². The molecule has 1 aromatic heterocycles. The second kappa shape index (κ2) is 5.59. The molecule has 0 fully saturated rings. The molecule has 0 aliphatic carbocycles. The monoisotopic (exact) mass is 230 g/mol. The molecule has 4 nitrogen and oxygen atoms in total. The Hall–Kier alpha value is -1.68. The lowest BCUT2D eigenvalue weighted by Gasteiger charge is -2.14. The third-order valence-corrected chi connectivity index (χ3v) is 2.98. The minimum absolute atomic E-state index is 0.417. The molecule has 4 heteroatoms. The zero-order valence-corrected chi connectivity index (χ0v) is 10.1. The summed E-state index contributed by atoms with van der Waals surface area (Å²) in [6.07, 6.45) is 3.46. The molecule has 2 N–H and O–H groups in total. The molecule has 90 valence electrons. The first-order valence-electron chi connectivity index (χ1n) is 5.86. The van der Waals surface area contributed by atoms with Crippen molar-refractivity contribution in [3.05, 3.63) is 48.0 Å². The normalized spacial score (nSPS) is 12.6. The van der Waals surface area contributed by atoms with Crippen LogP contribution in [0.3, 0.4) is 0 Å². The standard InChI is InChI=1S/C13H18N4/c1-17-13(15-10-16-17)8-12(9-14)7-11-5-3-2-4-6-11/h2-6,10,12H,7-9,14H2,1H3. The Kier molecular flexibility index (Phi) is 3.88. The van der Waals surface area contributed by atoms with Crippen molar-refractivity contribution < 1.29 is 0 Å². The number of rotatable bonds is 5. The number of benzene rings is 1. The van der Waals surface area contributed by atoms with Gasteiger partial charge in [0.05, 0.1) is 0 Å². The lowest BCUT2D eigenvalue weighted by Crippen LogP contribution is -2.21. The molecule has 1 aromatic carbocycles. The lowest BCUT2D eigenvalue weighted by molar-refractivity contribution is 0.503. The van der Waals surface area contributed by atoms with E-state index in [9.17, 15) is 0 Å². The summed E-state index contributed by atoms with van der Waals surface area (Å²) in [4.78, 5) is 4.24. The van der Waals surface area contributed by atoms with Gasteiger partial charge in [0.25, 0.3) is 0 Å².